The predicted octanol–water partition coefficient (Wildman–Crippen LogP) is 0.953. The lowest BCUT2D eigenvalue weighted by molar-refractivity contribution is 0.0381. The molecule has 4 heteroatoms. The highest BCUT2D eigenvalue weighted by atomic mass is 16.5. The van der Waals surface area contributed by atoms with Gasteiger partial charge < -0.3 is 15.2 Å². The van der Waals surface area contributed by atoms with E-state index in [1.807, 2.05) is 19.1 Å². The molecule has 0 radical (unpaired) electrons. The van der Waals surface area contributed by atoms with Gasteiger partial charge in [0.15, 0.2) is 0 Å². The molecule has 2 rings (SSSR count). The van der Waals surface area contributed by atoms with Crippen LogP contribution in [-0.4, -0.2) is 35.5 Å². The fourth-order valence-electron chi connectivity index (χ4n) is 1.62. The Hall–Kier alpha value is -1.13. The van der Waals surface area contributed by atoms with E-state index in [1.165, 1.54) is 0 Å². The normalized spacial score (nSPS) is 25.5. The standard InChI is InChI=1S/C11H16N2O2/c1-9-2-4-12-10(6-9)13-7-11(14)3-5-15-8-11/h2,4,6,14H,3,5,7-8H2,1H3,(H,12,13). The lowest BCUT2D eigenvalue weighted by Crippen LogP contribution is -2.37. The van der Waals surface area contributed by atoms with Gasteiger partial charge in [-0.1, -0.05) is 0 Å². The van der Waals surface area contributed by atoms with Crippen molar-refractivity contribution in [3.63, 3.8) is 0 Å². The van der Waals surface area contributed by atoms with Crippen molar-refractivity contribution in [2.45, 2.75) is 18.9 Å². The number of anilines is 1. The van der Waals surface area contributed by atoms with Crippen LogP contribution in [0, 0.1) is 6.92 Å². The van der Waals surface area contributed by atoms with Crippen molar-refractivity contribution < 1.29 is 9.84 Å². The maximum Gasteiger partial charge on any atom is 0.126 e. The first-order chi connectivity index (χ1) is 7.18. The topological polar surface area (TPSA) is 54.4 Å². The van der Waals surface area contributed by atoms with E-state index in [0.717, 1.165) is 11.4 Å². The molecule has 0 saturated carbocycles. The van der Waals surface area contributed by atoms with Crippen molar-refractivity contribution in [1.82, 2.24) is 4.98 Å². The average Bonchev–Trinajstić information content (AvgIpc) is 2.63. The molecule has 15 heavy (non-hydrogen) atoms. The van der Waals surface area contributed by atoms with Crippen molar-refractivity contribution in [2.24, 2.45) is 0 Å². The molecule has 82 valence electrons. The lowest BCUT2D eigenvalue weighted by Gasteiger charge is -2.20. The van der Waals surface area contributed by atoms with Crippen molar-refractivity contribution in [3.8, 4) is 0 Å². The van der Waals surface area contributed by atoms with Gasteiger partial charge in [-0.05, 0) is 24.6 Å². The summed E-state index contributed by atoms with van der Waals surface area (Å²) in [6.45, 7) is 3.55. The van der Waals surface area contributed by atoms with Crippen LogP contribution in [0.1, 0.15) is 12.0 Å². The van der Waals surface area contributed by atoms with Gasteiger partial charge in [-0.15, -0.1) is 0 Å². The first kappa shape index (κ1) is 10.4. The number of aromatic nitrogens is 1. The van der Waals surface area contributed by atoms with Crippen LogP contribution in [0.3, 0.4) is 0 Å². The summed E-state index contributed by atoms with van der Waals surface area (Å²) in [6.07, 6.45) is 2.44. The molecule has 1 aliphatic rings. The molecule has 0 amide bonds. The molecule has 0 bridgehead atoms. The van der Waals surface area contributed by atoms with Gasteiger partial charge >= 0.3 is 0 Å². The maximum atomic E-state index is 10.0. The maximum absolute atomic E-state index is 10.0. The Kier molecular flexibility index (Phi) is 2.88. The van der Waals surface area contributed by atoms with E-state index in [0.29, 0.717) is 26.2 Å². The fourth-order valence-corrected chi connectivity index (χ4v) is 1.62. The third-order valence-corrected chi connectivity index (χ3v) is 2.60. The zero-order chi connectivity index (χ0) is 10.7. The van der Waals surface area contributed by atoms with Gasteiger partial charge in [-0.25, -0.2) is 4.98 Å². The summed E-state index contributed by atoms with van der Waals surface area (Å²) in [5.41, 5.74) is 0.424. The number of nitrogens with one attached hydrogen (secondary N) is 1. The Morgan fingerprint density at radius 3 is 3.20 bits per heavy atom. The molecule has 1 aliphatic heterocycles. The minimum absolute atomic E-state index is 0.409. The molecule has 1 aromatic rings. The van der Waals surface area contributed by atoms with Crippen LogP contribution in [0.4, 0.5) is 5.82 Å². The highest BCUT2D eigenvalue weighted by molar-refractivity contribution is 5.37. The number of nitrogens with zero attached hydrogens (tertiary/aromatic N) is 1. The average molecular weight is 208 g/mol. The van der Waals surface area contributed by atoms with Crippen LogP contribution in [-0.2, 0) is 4.74 Å². The van der Waals surface area contributed by atoms with Gasteiger partial charge in [0.2, 0.25) is 0 Å². The number of ether oxygens (including phenoxy) is 1. The predicted molar refractivity (Wildman–Crippen MR) is 57.8 cm³/mol. The quantitative estimate of drug-likeness (QED) is 0.776. The van der Waals surface area contributed by atoms with Crippen LogP contribution in [0.15, 0.2) is 18.3 Å². The van der Waals surface area contributed by atoms with Crippen LogP contribution < -0.4 is 5.32 Å². The molecular weight excluding hydrogens is 192 g/mol. The van der Waals surface area contributed by atoms with Crippen molar-refractivity contribution in [3.05, 3.63) is 23.9 Å². The van der Waals surface area contributed by atoms with E-state index in [1.54, 1.807) is 6.20 Å². The number of pyridine rings is 1. The third-order valence-electron chi connectivity index (χ3n) is 2.60. The van der Waals surface area contributed by atoms with Gasteiger partial charge in [0.25, 0.3) is 0 Å². The molecule has 0 spiro atoms. The summed E-state index contributed by atoms with van der Waals surface area (Å²) in [5, 5.41) is 13.1. The molecule has 2 N–H and O–H groups in total. The number of aryl methyl sites for hydroxylation is 1. The lowest BCUT2D eigenvalue weighted by atomic mass is 10.0. The highest BCUT2D eigenvalue weighted by Crippen LogP contribution is 2.18. The van der Waals surface area contributed by atoms with Crippen LogP contribution in [0.5, 0.6) is 0 Å². The molecule has 1 unspecified atom stereocenters. The highest BCUT2D eigenvalue weighted by Gasteiger charge is 2.31. The van der Waals surface area contributed by atoms with Crippen molar-refractivity contribution >= 4 is 5.82 Å². The molecule has 0 aromatic carbocycles. The Labute approximate surface area is 89.3 Å². The third kappa shape index (κ3) is 2.67. The number of hydrogen-bond donors (Lipinski definition) is 2. The van der Waals surface area contributed by atoms with E-state index in [2.05, 4.69) is 10.3 Å². The summed E-state index contributed by atoms with van der Waals surface area (Å²) in [7, 11) is 0. The zero-order valence-corrected chi connectivity index (χ0v) is 8.86. The molecule has 1 atom stereocenters. The van der Waals surface area contributed by atoms with Crippen molar-refractivity contribution in [1.29, 1.82) is 0 Å². The Balaban J connectivity index is 1.92. The SMILES string of the molecule is Cc1ccnc(NCC2(O)CCOC2)c1. The molecule has 0 aliphatic carbocycles. The first-order valence-electron chi connectivity index (χ1n) is 5.15. The molecule has 1 aromatic heterocycles. The van der Waals surface area contributed by atoms with E-state index in [-0.39, 0.29) is 0 Å². The van der Waals surface area contributed by atoms with Crippen molar-refractivity contribution in [2.75, 3.05) is 25.1 Å². The van der Waals surface area contributed by atoms with E-state index < -0.39 is 5.60 Å². The van der Waals surface area contributed by atoms with Crippen LogP contribution >= 0.6 is 0 Å². The zero-order valence-electron chi connectivity index (χ0n) is 8.86. The second-order valence-electron chi connectivity index (χ2n) is 4.10. The number of rotatable bonds is 3. The van der Waals surface area contributed by atoms with E-state index in [9.17, 15) is 5.11 Å². The monoisotopic (exact) mass is 208 g/mol. The van der Waals surface area contributed by atoms with Crippen LogP contribution in [0.2, 0.25) is 0 Å². The van der Waals surface area contributed by atoms with Gasteiger partial charge in [-0.3, -0.25) is 0 Å². The largest absolute Gasteiger partial charge is 0.386 e. The number of hydrogen-bond acceptors (Lipinski definition) is 4. The van der Waals surface area contributed by atoms with Gasteiger partial charge in [0.05, 0.1) is 6.61 Å². The number of aliphatic hydroxyl groups is 1. The summed E-state index contributed by atoms with van der Waals surface area (Å²) < 4.78 is 5.16. The second-order valence-corrected chi connectivity index (χ2v) is 4.10. The van der Waals surface area contributed by atoms with Crippen LogP contribution in [0.25, 0.3) is 0 Å². The molecular formula is C11H16N2O2. The summed E-state index contributed by atoms with van der Waals surface area (Å²) in [5.74, 6) is 0.801. The molecule has 4 nitrogen and oxygen atoms in total. The summed E-state index contributed by atoms with van der Waals surface area (Å²) in [6, 6.07) is 3.90. The first-order valence-corrected chi connectivity index (χ1v) is 5.15. The minimum Gasteiger partial charge on any atom is -0.386 e. The van der Waals surface area contributed by atoms with Gasteiger partial charge in [0.1, 0.15) is 11.4 Å². The molecule has 1 saturated heterocycles. The fraction of sp³-hybridized carbons (Fsp3) is 0.545. The summed E-state index contributed by atoms with van der Waals surface area (Å²) in [4.78, 5) is 4.17. The second kappa shape index (κ2) is 4.16. The Bertz CT molecular complexity index is 335. The van der Waals surface area contributed by atoms with E-state index in [4.69, 9.17) is 4.74 Å². The summed E-state index contributed by atoms with van der Waals surface area (Å²) >= 11 is 0. The Morgan fingerprint density at radius 1 is 1.67 bits per heavy atom. The van der Waals surface area contributed by atoms with Gasteiger partial charge in [0, 0.05) is 25.8 Å². The molecule has 1 fully saturated rings. The smallest absolute Gasteiger partial charge is 0.126 e. The van der Waals surface area contributed by atoms with E-state index >= 15 is 0 Å². The Morgan fingerprint density at radius 2 is 2.53 bits per heavy atom. The minimum atomic E-state index is -0.731. The van der Waals surface area contributed by atoms with Gasteiger partial charge in [-0.2, -0.15) is 0 Å². The molecule has 2 heterocycles.